The van der Waals surface area contributed by atoms with E-state index in [9.17, 15) is 4.79 Å². The number of piperazine rings is 1. The van der Waals surface area contributed by atoms with E-state index in [4.69, 9.17) is 0 Å². The molecule has 1 amide bonds. The van der Waals surface area contributed by atoms with Crippen molar-refractivity contribution in [3.8, 4) is 0 Å². The smallest absolute Gasteiger partial charge is 0.234 e. The molecule has 1 unspecified atom stereocenters. The Morgan fingerprint density at radius 3 is 2.64 bits per heavy atom. The summed E-state index contributed by atoms with van der Waals surface area (Å²) in [5, 5.41) is 8.55. The third-order valence-corrected chi connectivity index (χ3v) is 4.78. The summed E-state index contributed by atoms with van der Waals surface area (Å²) in [6, 6.07) is 14.2. The van der Waals surface area contributed by atoms with Crippen molar-refractivity contribution in [1.82, 2.24) is 15.5 Å². The van der Waals surface area contributed by atoms with Gasteiger partial charge in [-0.05, 0) is 17.0 Å². The van der Waals surface area contributed by atoms with Gasteiger partial charge in [0.25, 0.3) is 0 Å². The van der Waals surface area contributed by atoms with Gasteiger partial charge in [0.2, 0.25) is 5.91 Å². The Morgan fingerprint density at radius 1 is 1.18 bits per heavy atom. The second-order valence-corrected chi connectivity index (χ2v) is 6.43. The second-order valence-electron chi connectivity index (χ2n) is 5.45. The largest absolute Gasteiger partial charge is 0.343 e. The van der Waals surface area contributed by atoms with Crippen LogP contribution in [0.5, 0.6) is 0 Å². The molecule has 0 aliphatic carbocycles. The fourth-order valence-corrected chi connectivity index (χ4v) is 3.50. The van der Waals surface area contributed by atoms with E-state index < -0.39 is 0 Å². The molecule has 0 saturated carbocycles. The number of amides is 1. The van der Waals surface area contributed by atoms with E-state index >= 15 is 0 Å². The number of rotatable bonds is 5. The first-order valence-electron chi connectivity index (χ1n) is 7.64. The number of hydrogen-bond acceptors (Lipinski definition) is 4. The molecule has 2 aromatic rings. The zero-order valence-electron chi connectivity index (χ0n) is 12.5. The first-order chi connectivity index (χ1) is 10.8. The van der Waals surface area contributed by atoms with Crippen molar-refractivity contribution in [1.29, 1.82) is 0 Å². The van der Waals surface area contributed by atoms with E-state index in [2.05, 4.69) is 33.7 Å². The van der Waals surface area contributed by atoms with Crippen LogP contribution in [-0.4, -0.2) is 43.5 Å². The molecule has 3 rings (SSSR count). The van der Waals surface area contributed by atoms with Crippen molar-refractivity contribution in [3.63, 3.8) is 0 Å². The van der Waals surface area contributed by atoms with Gasteiger partial charge in [0.05, 0.1) is 12.6 Å². The molecule has 1 fully saturated rings. The lowest BCUT2D eigenvalue weighted by Gasteiger charge is -2.27. The maximum absolute atomic E-state index is 12.4. The summed E-state index contributed by atoms with van der Waals surface area (Å²) in [6.07, 6.45) is 0. The number of nitrogens with one attached hydrogen (secondary N) is 2. The molecule has 116 valence electrons. The Balaban J connectivity index is 1.69. The second kappa shape index (κ2) is 7.54. The van der Waals surface area contributed by atoms with Crippen molar-refractivity contribution in [3.05, 3.63) is 58.3 Å². The fraction of sp³-hybridized carbons (Fsp3) is 0.353. The average Bonchev–Trinajstić information content (AvgIpc) is 3.08. The van der Waals surface area contributed by atoms with Crippen molar-refractivity contribution in [2.75, 3.05) is 32.7 Å². The van der Waals surface area contributed by atoms with E-state index in [0.717, 1.165) is 31.7 Å². The molecule has 1 atom stereocenters. The fourth-order valence-electron chi connectivity index (χ4n) is 2.70. The third-order valence-electron chi connectivity index (χ3n) is 3.84. The van der Waals surface area contributed by atoms with E-state index in [-0.39, 0.29) is 11.9 Å². The number of hydrogen-bond donors (Lipinski definition) is 2. The van der Waals surface area contributed by atoms with Crippen LogP contribution >= 0.6 is 11.3 Å². The highest BCUT2D eigenvalue weighted by Gasteiger charge is 2.20. The van der Waals surface area contributed by atoms with Gasteiger partial charge >= 0.3 is 0 Å². The minimum atomic E-state index is -0.0587. The number of benzene rings is 1. The van der Waals surface area contributed by atoms with Crippen LogP contribution in [0.25, 0.3) is 0 Å². The number of thiophene rings is 1. The highest BCUT2D eigenvalue weighted by atomic mass is 32.1. The molecule has 4 nitrogen and oxygen atoms in total. The van der Waals surface area contributed by atoms with E-state index in [1.165, 1.54) is 4.88 Å². The molecule has 2 heterocycles. The van der Waals surface area contributed by atoms with Crippen LogP contribution in [0.2, 0.25) is 0 Å². The number of nitrogens with zero attached hydrogens (tertiary/aromatic N) is 1. The van der Waals surface area contributed by atoms with Gasteiger partial charge in [0, 0.05) is 31.1 Å². The third kappa shape index (κ3) is 3.94. The maximum atomic E-state index is 12.4. The lowest BCUT2D eigenvalue weighted by Crippen LogP contribution is -2.48. The van der Waals surface area contributed by atoms with Gasteiger partial charge in [-0.1, -0.05) is 36.4 Å². The normalized spacial score (nSPS) is 17.1. The average molecular weight is 315 g/mol. The molecule has 1 aromatic carbocycles. The standard InChI is InChI=1S/C17H21N3OS/c21-16(13-20-10-8-18-9-11-20)19-17(15-7-4-12-22-15)14-5-2-1-3-6-14/h1-7,12,17-18H,8-11,13H2,(H,19,21). The van der Waals surface area contributed by atoms with Gasteiger partial charge in [-0.2, -0.15) is 0 Å². The highest BCUT2D eigenvalue weighted by Crippen LogP contribution is 2.25. The zero-order chi connectivity index (χ0) is 15.2. The van der Waals surface area contributed by atoms with Gasteiger partial charge in [-0.15, -0.1) is 11.3 Å². The summed E-state index contributed by atoms with van der Waals surface area (Å²) in [7, 11) is 0. The Labute approximate surface area is 135 Å². The lowest BCUT2D eigenvalue weighted by molar-refractivity contribution is -0.122. The van der Waals surface area contributed by atoms with Crippen molar-refractivity contribution in [2.45, 2.75) is 6.04 Å². The van der Waals surface area contributed by atoms with Crippen LogP contribution in [0.4, 0.5) is 0 Å². The summed E-state index contributed by atoms with van der Waals surface area (Å²) >= 11 is 1.68. The topological polar surface area (TPSA) is 44.4 Å². The van der Waals surface area contributed by atoms with Crippen LogP contribution in [0, 0.1) is 0 Å². The van der Waals surface area contributed by atoms with Crippen LogP contribution in [0.1, 0.15) is 16.5 Å². The molecular formula is C17H21N3OS. The molecular weight excluding hydrogens is 294 g/mol. The van der Waals surface area contributed by atoms with Crippen molar-refractivity contribution < 1.29 is 4.79 Å². The van der Waals surface area contributed by atoms with E-state index in [0.29, 0.717) is 6.54 Å². The first-order valence-corrected chi connectivity index (χ1v) is 8.51. The van der Waals surface area contributed by atoms with Crippen molar-refractivity contribution >= 4 is 17.2 Å². The van der Waals surface area contributed by atoms with Gasteiger partial charge in [0.15, 0.2) is 0 Å². The maximum Gasteiger partial charge on any atom is 0.234 e. The highest BCUT2D eigenvalue weighted by molar-refractivity contribution is 7.10. The summed E-state index contributed by atoms with van der Waals surface area (Å²) in [4.78, 5) is 15.8. The molecule has 2 N–H and O–H groups in total. The molecule has 1 aliphatic heterocycles. The molecule has 1 aromatic heterocycles. The molecule has 0 spiro atoms. The van der Waals surface area contributed by atoms with Crippen molar-refractivity contribution in [2.24, 2.45) is 0 Å². The zero-order valence-corrected chi connectivity index (χ0v) is 13.3. The van der Waals surface area contributed by atoms with Crippen LogP contribution in [-0.2, 0) is 4.79 Å². The molecule has 0 bridgehead atoms. The van der Waals surface area contributed by atoms with Gasteiger partial charge < -0.3 is 10.6 Å². The van der Waals surface area contributed by atoms with Crippen LogP contribution < -0.4 is 10.6 Å². The molecule has 1 aliphatic rings. The summed E-state index contributed by atoms with van der Waals surface area (Å²) < 4.78 is 0. The molecule has 1 saturated heterocycles. The predicted molar refractivity (Wildman–Crippen MR) is 90.1 cm³/mol. The van der Waals surface area contributed by atoms with Gasteiger partial charge in [-0.25, -0.2) is 0 Å². The van der Waals surface area contributed by atoms with E-state index in [1.807, 2.05) is 29.6 Å². The predicted octanol–water partition coefficient (Wildman–Crippen LogP) is 1.86. The minimum absolute atomic E-state index is 0.0587. The number of carbonyl (C=O) groups excluding carboxylic acids is 1. The molecule has 0 radical (unpaired) electrons. The monoisotopic (exact) mass is 315 g/mol. The quantitative estimate of drug-likeness (QED) is 0.885. The summed E-state index contributed by atoms with van der Waals surface area (Å²) in [5.41, 5.74) is 1.12. The summed E-state index contributed by atoms with van der Waals surface area (Å²) in [5.74, 6) is 0.0872. The first kappa shape index (κ1) is 15.2. The van der Waals surface area contributed by atoms with Gasteiger partial charge in [0.1, 0.15) is 0 Å². The van der Waals surface area contributed by atoms with E-state index in [1.54, 1.807) is 11.3 Å². The number of carbonyl (C=O) groups is 1. The molecule has 5 heteroatoms. The minimum Gasteiger partial charge on any atom is -0.343 e. The molecule has 22 heavy (non-hydrogen) atoms. The SMILES string of the molecule is O=C(CN1CCNCC1)NC(c1ccccc1)c1cccs1. The van der Waals surface area contributed by atoms with Gasteiger partial charge in [-0.3, -0.25) is 9.69 Å². The van der Waals surface area contributed by atoms with Crippen LogP contribution in [0.15, 0.2) is 47.8 Å². The Kier molecular flexibility index (Phi) is 5.21. The lowest BCUT2D eigenvalue weighted by atomic mass is 10.1. The summed E-state index contributed by atoms with van der Waals surface area (Å²) in [6.45, 7) is 4.25. The van der Waals surface area contributed by atoms with Crippen LogP contribution in [0.3, 0.4) is 0 Å². The Morgan fingerprint density at radius 2 is 1.95 bits per heavy atom. The Hall–Kier alpha value is -1.69. The Bertz CT molecular complexity index is 579.